The van der Waals surface area contributed by atoms with Crippen LogP contribution in [0.4, 0.5) is 5.69 Å². The van der Waals surface area contributed by atoms with Crippen molar-refractivity contribution in [2.24, 2.45) is 5.10 Å². The molecule has 0 radical (unpaired) electrons. The van der Waals surface area contributed by atoms with Crippen LogP contribution in [0, 0.1) is 10.1 Å². The molecule has 1 aromatic carbocycles. The second-order valence-corrected chi connectivity index (χ2v) is 5.68. The van der Waals surface area contributed by atoms with E-state index in [1.165, 1.54) is 12.1 Å². The fraction of sp³-hybridized carbons (Fsp3) is 0.312. The van der Waals surface area contributed by atoms with Crippen LogP contribution in [0.25, 0.3) is 0 Å². The van der Waals surface area contributed by atoms with Crippen LogP contribution in [0.1, 0.15) is 47.1 Å². The number of nitrogens with one attached hydrogen (secondary N) is 2. The molecule has 124 valence electrons. The number of hydrazone groups is 1. The standard InChI is InChI=1S/C16H17N5O3/c1-10(11-5-4-6-12(9-11)21(23)24)17-20-16(22)15-13-7-2-3-8-14(13)18-19-15/h4-6,9H,2-3,7-8H2,1H3,(H,18,19)(H,20,22)/b17-10+. The van der Waals surface area contributed by atoms with Gasteiger partial charge < -0.3 is 0 Å². The number of aromatic nitrogens is 2. The van der Waals surface area contributed by atoms with E-state index in [9.17, 15) is 14.9 Å². The summed E-state index contributed by atoms with van der Waals surface area (Å²) < 4.78 is 0. The van der Waals surface area contributed by atoms with E-state index in [1.54, 1.807) is 19.1 Å². The summed E-state index contributed by atoms with van der Waals surface area (Å²) in [7, 11) is 0. The first kappa shape index (κ1) is 15.9. The van der Waals surface area contributed by atoms with E-state index in [2.05, 4.69) is 20.7 Å². The van der Waals surface area contributed by atoms with Gasteiger partial charge in [0.25, 0.3) is 11.6 Å². The van der Waals surface area contributed by atoms with Gasteiger partial charge in [-0.3, -0.25) is 20.0 Å². The maximum Gasteiger partial charge on any atom is 0.292 e. The summed E-state index contributed by atoms with van der Waals surface area (Å²) in [6.45, 7) is 1.68. The number of nitro benzene ring substituents is 1. The minimum Gasteiger partial charge on any atom is -0.281 e. The monoisotopic (exact) mass is 327 g/mol. The van der Waals surface area contributed by atoms with Gasteiger partial charge in [0.1, 0.15) is 0 Å². The quantitative estimate of drug-likeness (QED) is 0.509. The molecule has 8 heteroatoms. The Balaban J connectivity index is 1.75. The molecule has 0 atom stereocenters. The second kappa shape index (κ2) is 6.61. The molecule has 0 fully saturated rings. The summed E-state index contributed by atoms with van der Waals surface area (Å²) in [6, 6.07) is 6.11. The number of hydrogen-bond donors (Lipinski definition) is 2. The van der Waals surface area contributed by atoms with Crippen LogP contribution in [-0.4, -0.2) is 26.7 Å². The molecule has 3 rings (SSSR count). The van der Waals surface area contributed by atoms with Gasteiger partial charge in [-0.15, -0.1) is 0 Å². The molecule has 24 heavy (non-hydrogen) atoms. The Bertz CT molecular complexity index is 825. The van der Waals surface area contributed by atoms with Crippen molar-refractivity contribution in [1.29, 1.82) is 0 Å². The molecule has 1 aliphatic carbocycles. The molecule has 1 aromatic heterocycles. The number of carbonyl (C=O) groups is 1. The van der Waals surface area contributed by atoms with Crippen LogP contribution in [0.15, 0.2) is 29.4 Å². The van der Waals surface area contributed by atoms with Gasteiger partial charge in [-0.05, 0) is 32.6 Å². The van der Waals surface area contributed by atoms with Gasteiger partial charge in [0.2, 0.25) is 0 Å². The number of rotatable bonds is 4. The molecule has 0 aliphatic heterocycles. The summed E-state index contributed by atoms with van der Waals surface area (Å²) in [5.41, 5.74) is 5.87. The van der Waals surface area contributed by atoms with E-state index in [0.717, 1.165) is 36.9 Å². The minimum atomic E-state index is -0.467. The second-order valence-electron chi connectivity index (χ2n) is 5.68. The van der Waals surface area contributed by atoms with Gasteiger partial charge in [-0.25, -0.2) is 5.43 Å². The number of benzene rings is 1. The summed E-state index contributed by atoms with van der Waals surface area (Å²) in [5.74, 6) is -0.376. The lowest BCUT2D eigenvalue weighted by Crippen LogP contribution is -2.21. The van der Waals surface area contributed by atoms with E-state index in [0.29, 0.717) is 17.0 Å². The summed E-state index contributed by atoms with van der Waals surface area (Å²) in [5, 5.41) is 21.9. The Kier molecular flexibility index (Phi) is 4.37. The Morgan fingerprint density at radius 1 is 1.38 bits per heavy atom. The molecule has 0 spiro atoms. The zero-order valence-corrected chi connectivity index (χ0v) is 13.2. The van der Waals surface area contributed by atoms with Crippen molar-refractivity contribution in [3.63, 3.8) is 0 Å². The lowest BCUT2D eigenvalue weighted by Gasteiger charge is -2.10. The number of non-ortho nitro benzene ring substituents is 1. The van der Waals surface area contributed by atoms with E-state index >= 15 is 0 Å². The Labute approximate surface area is 138 Å². The molecule has 2 N–H and O–H groups in total. The molecular formula is C16H17N5O3. The number of aromatic amines is 1. The normalized spacial score (nSPS) is 14.1. The minimum absolute atomic E-state index is 0.0188. The van der Waals surface area contributed by atoms with Crippen LogP contribution in [0.2, 0.25) is 0 Å². The number of nitrogens with zero attached hydrogens (tertiary/aromatic N) is 3. The maximum atomic E-state index is 12.3. The molecule has 0 unspecified atom stereocenters. The van der Waals surface area contributed by atoms with Crippen molar-refractivity contribution in [1.82, 2.24) is 15.6 Å². The van der Waals surface area contributed by atoms with Crippen LogP contribution in [0.5, 0.6) is 0 Å². The van der Waals surface area contributed by atoms with Gasteiger partial charge in [0.15, 0.2) is 5.69 Å². The number of nitro groups is 1. The van der Waals surface area contributed by atoms with E-state index < -0.39 is 4.92 Å². The first-order chi connectivity index (χ1) is 11.6. The molecule has 0 bridgehead atoms. The largest absolute Gasteiger partial charge is 0.292 e. The Morgan fingerprint density at radius 2 is 2.17 bits per heavy atom. The lowest BCUT2D eigenvalue weighted by atomic mass is 9.96. The van der Waals surface area contributed by atoms with Crippen LogP contribution >= 0.6 is 0 Å². The molecule has 0 saturated heterocycles. The van der Waals surface area contributed by atoms with Gasteiger partial charge in [0, 0.05) is 29.0 Å². The first-order valence-corrected chi connectivity index (χ1v) is 7.72. The third kappa shape index (κ3) is 3.17. The summed E-state index contributed by atoms with van der Waals surface area (Å²) in [6.07, 6.45) is 3.89. The zero-order chi connectivity index (χ0) is 17.1. The molecule has 8 nitrogen and oxygen atoms in total. The van der Waals surface area contributed by atoms with Crippen LogP contribution in [-0.2, 0) is 12.8 Å². The number of hydrogen-bond acceptors (Lipinski definition) is 5. The lowest BCUT2D eigenvalue weighted by molar-refractivity contribution is -0.384. The maximum absolute atomic E-state index is 12.3. The molecule has 0 saturated carbocycles. The van der Waals surface area contributed by atoms with Gasteiger partial charge in [-0.2, -0.15) is 10.2 Å². The third-order valence-electron chi connectivity index (χ3n) is 4.07. The fourth-order valence-corrected chi connectivity index (χ4v) is 2.77. The topological polar surface area (TPSA) is 113 Å². The van der Waals surface area contributed by atoms with Gasteiger partial charge in [-0.1, -0.05) is 12.1 Å². The van der Waals surface area contributed by atoms with Crippen molar-refractivity contribution in [2.45, 2.75) is 32.6 Å². The molecule has 1 amide bonds. The summed E-state index contributed by atoms with van der Waals surface area (Å²) in [4.78, 5) is 22.6. The number of amides is 1. The van der Waals surface area contributed by atoms with Crippen molar-refractivity contribution >= 4 is 17.3 Å². The smallest absolute Gasteiger partial charge is 0.281 e. The number of H-pyrrole nitrogens is 1. The third-order valence-corrected chi connectivity index (χ3v) is 4.07. The van der Waals surface area contributed by atoms with Gasteiger partial charge >= 0.3 is 0 Å². The van der Waals surface area contributed by atoms with Crippen molar-refractivity contribution in [2.75, 3.05) is 0 Å². The highest BCUT2D eigenvalue weighted by molar-refractivity contribution is 6.01. The van der Waals surface area contributed by atoms with Crippen molar-refractivity contribution in [3.8, 4) is 0 Å². The van der Waals surface area contributed by atoms with Crippen LogP contribution in [0.3, 0.4) is 0 Å². The fourth-order valence-electron chi connectivity index (χ4n) is 2.77. The van der Waals surface area contributed by atoms with Crippen LogP contribution < -0.4 is 5.43 Å². The molecule has 1 heterocycles. The summed E-state index contributed by atoms with van der Waals surface area (Å²) >= 11 is 0. The average Bonchev–Trinajstić information content (AvgIpc) is 3.03. The molecular weight excluding hydrogens is 310 g/mol. The van der Waals surface area contributed by atoms with Crippen molar-refractivity contribution < 1.29 is 9.72 Å². The number of carbonyl (C=O) groups excluding carboxylic acids is 1. The first-order valence-electron chi connectivity index (χ1n) is 7.72. The highest BCUT2D eigenvalue weighted by Gasteiger charge is 2.21. The van der Waals surface area contributed by atoms with Crippen molar-refractivity contribution in [3.05, 3.63) is 56.9 Å². The van der Waals surface area contributed by atoms with Gasteiger partial charge in [0.05, 0.1) is 10.6 Å². The predicted octanol–water partition coefficient (Wildman–Crippen LogP) is 2.35. The van der Waals surface area contributed by atoms with E-state index in [1.807, 2.05) is 0 Å². The predicted molar refractivity (Wildman–Crippen MR) is 88.0 cm³/mol. The average molecular weight is 327 g/mol. The molecule has 1 aliphatic rings. The Hall–Kier alpha value is -3.03. The highest BCUT2D eigenvalue weighted by Crippen LogP contribution is 2.22. The SMILES string of the molecule is C/C(=N\NC(=O)c1n[nH]c2c1CCCC2)c1cccc([N+](=O)[O-])c1. The molecule has 2 aromatic rings. The van der Waals surface area contributed by atoms with E-state index in [4.69, 9.17) is 0 Å². The van der Waals surface area contributed by atoms with E-state index in [-0.39, 0.29) is 11.6 Å². The number of fused-ring (bicyclic) bond motifs is 1. The number of aryl methyl sites for hydroxylation is 1. The zero-order valence-electron chi connectivity index (χ0n) is 13.2. The Morgan fingerprint density at radius 3 is 2.96 bits per heavy atom. The highest BCUT2D eigenvalue weighted by atomic mass is 16.6.